The average molecular weight is 196 g/mol. The fourth-order valence-electron chi connectivity index (χ4n) is 1.03. The minimum Gasteiger partial charge on any atom is -0.489 e. The number of nitrogen functional groups attached to an aromatic ring is 2. The minimum absolute atomic E-state index is 0.488. The zero-order chi connectivity index (χ0) is 10.4. The molecule has 0 saturated carbocycles. The van der Waals surface area contributed by atoms with E-state index in [0.717, 1.165) is 0 Å². The summed E-state index contributed by atoms with van der Waals surface area (Å²) in [6.07, 6.45) is 0. The molecule has 0 atom stereocenters. The molecule has 0 radical (unpaired) electrons. The van der Waals surface area contributed by atoms with Gasteiger partial charge in [0.25, 0.3) is 0 Å². The van der Waals surface area contributed by atoms with Gasteiger partial charge in [-0.15, -0.1) is 0 Å². The first-order valence-corrected chi connectivity index (χ1v) is 4.59. The molecule has 14 heavy (non-hydrogen) atoms. The van der Waals surface area contributed by atoms with Crippen molar-refractivity contribution in [2.75, 3.05) is 31.3 Å². The largest absolute Gasteiger partial charge is 0.489 e. The van der Waals surface area contributed by atoms with Crippen molar-refractivity contribution >= 4 is 11.4 Å². The van der Waals surface area contributed by atoms with Crippen LogP contribution in [0.25, 0.3) is 0 Å². The smallest absolute Gasteiger partial charge is 0.144 e. The van der Waals surface area contributed by atoms with Crippen LogP contribution < -0.4 is 16.2 Å². The SMILES string of the molecule is CCOCCOc1cc(N)ccc1N. The number of hydrogen-bond acceptors (Lipinski definition) is 4. The summed E-state index contributed by atoms with van der Waals surface area (Å²) in [5.74, 6) is 0.615. The van der Waals surface area contributed by atoms with Crippen LogP contribution >= 0.6 is 0 Å². The Kier molecular flexibility index (Phi) is 4.07. The third-order valence-electron chi connectivity index (χ3n) is 1.73. The van der Waals surface area contributed by atoms with Gasteiger partial charge in [0.1, 0.15) is 12.4 Å². The van der Waals surface area contributed by atoms with Crippen molar-refractivity contribution in [3.05, 3.63) is 18.2 Å². The molecule has 0 unspecified atom stereocenters. The van der Waals surface area contributed by atoms with Crippen molar-refractivity contribution in [2.24, 2.45) is 0 Å². The molecule has 0 aliphatic rings. The second-order valence-corrected chi connectivity index (χ2v) is 2.84. The number of hydrogen-bond donors (Lipinski definition) is 2. The van der Waals surface area contributed by atoms with Crippen LogP contribution in [0.2, 0.25) is 0 Å². The van der Waals surface area contributed by atoms with E-state index in [-0.39, 0.29) is 0 Å². The van der Waals surface area contributed by atoms with Crippen LogP contribution in [-0.4, -0.2) is 19.8 Å². The van der Waals surface area contributed by atoms with Crippen molar-refractivity contribution in [1.29, 1.82) is 0 Å². The highest BCUT2D eigenvalue weighted by Gasteiger charge is 1.99. The van der Waals surface area contributed by atoms with Gasteiger partial charge in [-0.05, 0) is 19.1 Å². The summed E-state index contributed by atoms with van der Waals surface area (Å²) >= 11 is 0. The van der Waals surface area contributed by atoms with Gasteiger partial charge in [-0.1, -0.05) is 0 Å². The number of rotatable bonds is 5. The highest BCUT2D eigenvalue weighted by atomic mass is 16.5. The molecule has 4 heteroatoms. The first-order valence-electron chi connectivity index (χ1n) is 4.59. The standard InChI is InChI=1S/C10H16N2O2/c1-2-13-5-6-14-10-7-8(11)3-4-9(10)12/h3-4,7H,2,5-6,11-12H2,1H3. The first-order chi connectivity index (χ1) is 6.74. The van der Waals surface area contributed by atoms with Crippen LogP contribution in [0.5, 0.6) is 5.75 Å². The summed E-state index contributed by atoms with van der Waals surface area (Å²) in [7, 11) is 0. The van der Waals surface area contributed by atoms with E-state index in [1.165, 1.54) is 0 Å². The van der Waals surface area contributed by atoms with Gasteiger partial charge in [-0.2, -0.15) is 0 Å². The Bertz CT molecular complexity index is 289. The zero-order valence-corrected chi connectivity index (χ0v) is 8.32. The molecule has 0 aromatic heterocycles. The van der Waals surface area contributed by atoms with Crippen LogP contribution in [-0.2, 0) is 4.74 Å². The van der Waals surface area contributed by atoms with Crippen LogP contribution in [0.1, 0.15) is 6.92 Å². The fraction of sp³-hybridized carbons (Fsp3) is 0.400. The van der Waals surface area contributed by atoms with Gasteiger partial charge in [0.2, 0.25) is 0 Å². The Hall–Kier alpha value is -1.42. The Labute approximate surface area is 83.8 Å². The second-order valence-electron chi connectivity index (χ2n) is 2.84. The maximum atomic E-state index is 5.68. The molecule has 0 saturated heterocycles. The van der Waals surface area contributed by atoms with Crippen molar-refractivity contribution in [1.82, 2.24) is 0 Å². The molecule has 0 aliphatic heterocycles. The summed E-state index contributed by atoms with van der Waals surface area (Å²) in [5.41, 5.74) is 12.5. The molecule has 4 N–H and O–H groups in total. The summed E-state index contributed by atoms with van der Waals surface area (Å²) in [4.78, 5) is 0. The van der Waals surface area contributed by atoms with Gasteiger partial charge < -0.3 is 20.9 Å². The van der Waals surface area contributed by atoms with Crippen molar-refractivity contribution < 1.29 is 9.47 Å². The third kappa shape index (κ3) is 3.14. The minimum atomic E-state index is 0.488. The van der Waals surface area contributed by atoms with E-state index in [4.69, 9.17) is 20.9 Å². The molecule has 4 nitrogen and oxygen atoms in total. The van der Waals surface area contributed by atoms with Crippen LogP contribution in [0.15, 0.2) is 18.2 Å². The topological polar surface area (TPSA) is 70.5 Å². The normalized spacial score (nSPS) is 10.1. The van der Waals surface area contributed by atoms with Gasteiger partial charge in [-0.3, -0.25) is 0 Å². The second kappa shape index (κ2) is 5.34. The van der Waals surface area contributed by atoms with Crippen LogP contribution in [0, 0.1) is 0 Å². The quantitative estimate of drug-likeness (QED) is 0.549. The molecule has 0 amide bonds. The lowest BCUT2D eigenvalue weighted by Crippen LogP contribution is -2.07. The van der Waals surface area contributed by atoms with Gasteiger partial charge in [0.05, 0.1) is 12.3 Å². The van der Waals surface area contributed by atoms with Crippen LogP contribution in [0.3, 0.4) is 0 Å². The summed E-state index contributed by atoms with van der Waals surface area (Å²) in [6, 6.07) is 5.18. The summed E-state index contributed by atoms with van der Waals surface area (Å²) in [5, 5.41) is 0. The lowest BCUT2D eigenvalue weighted by atomic mass is 10.2. The summed E-state index contributed by atoms with van der Waals surface area (Å²) in [6.45, 7) is 3.68. The highest BCUT2D eigenvalue weighted by molar-refractivity contribution is 5.59. The van der Waals surface area contributed by atoms with E-state index in [1.807, 2.05) is 6.92 Å². The molecular weight excluding hydrogens is 180 g/mol. The molecule has 0 bridgehead atoms. The van der Waals surface area contributed by atoms with E-state index < -0.39 is 0 Å². The molecule has 78 valence electrons. The maximum Gasteiger partial charge on any atom is 0.144 e. The number of nitrogens with two attached hydrogens (primary N) is 2. The summed E-state index contributed by atoms with van der Waals surface area (Å²) < 4.78 is 10.5. The van der Waals surface area contributed by atoms with Gasteiger partial charge in [0, 0.05) is 18.4 Å². The lowest BCUT2D eigenvalue weighted by Gasteiger charge is -2.09. The molecule has 1 aromatic carbocycles. The van der Waals surface area contributed by atoms with E-state index in [1.54, 1.807) is 18.2 Å². The molecule has 1 aromatic rings. The Morgan fingerprint density at radius 2 is 2.00 bits per heavy atom. The van der Waals surface area contributed by atoms with Crippen molar-refractivity contribution in [3.63, 3.8) is 0 Å². The average Bonchev–Trinajstić information content (AvgIpc) is 2.18. The fourth-order valence-corrected chi connectivity index (χ4v) is 1.03. The maximum absolute atomic E-state index is 5.68. The molecule has 0 fully saturated rings. The predicted octanol–water partition coefficient (Wildman–Crippen LogP) is 1.27. The lowest BCUT2D eigenvalue weighted by molar-refractivity contribution is 0.110. The van der Waals surface area contributed by atoms with E-state index in [0.29, 0.717) is 36.9 Å². The number of ether oxygens (including phenoxy) is 2. The Balaban J connectivity index is 2.45. The highest BCUT2D eigenvalue weighted by Crippen LogP contribution is 2.23. The number of benzene rings is 1. The monoisotopic (exact) mass is 196 g/mol. The van der Waals surface area contributed by atoms with Crippen molar-refractivity contribution in [2.45, 2.75) is 6.92 Å². The molecule has 0 spiro atoms. The third-order valence-corrected chi connectivity index (χ3v) is 1.73. The van der Waals surface area contributed by atoms with Crippen LogP contribution in [0.4, 0.5) is 11.4 Å². The molecule has 0 heterocycles. The molecule has 0 aliphatic carbocycles. The van der Waals surface area contributed by atoms with E-state index in [9.17, 15) is 0 Å². The Morgan fingerprint density at radius 1 is 1.21 bits per heavy atom. The van der Waals surface area contributed by atoms with Gasteiger partial charge in [0.15, 0.2) is 0 Å². The first kappa shape index (κ1) is 10.7. The van der Waals surface area contributed by atoms with E-state index >= 15 is 0 Å². The number of anilines is 2. The predicted molar refractivity (Wildman–Crippen MR) is 57.3 cm³/mol. The molecule has 1 rings (SSSR count). The Morgan fingerprint density at radius 3 is 2.71 bits per heavy atom. The van der Waals surface area contributed by atoms with E-state index in [2.05, 4.69) is 0 Å². The van der Waals surface area contributed by atoms with Gasteiger partial charge >= 0.3 is 0 Å². The van der Waals surface area contributed by atoms with Gasteiger partial charge in [-0.25, -0.2) is 0 Å². The zero-order valence-electron chi connectivity index (χ0n) is 8.32. The van der Waals surface area contributed by atoms with Crippen molar-refractivity contribution in [3.8, 4) is 5.75 Å². The molecular formula is C10H16N2O2.